The molecule has 0 amide bonds. The molecule has 1 aromatic carbocycles. The molecule has 0 aliphatic carbocycles. The normalized spacial score (nSPS) is 11.2. The lowest BCUT2D eigenvalue weighted by atomic mass is 10.2. The highest BCUT2D eigenvalue weighted by molar-refractivity contribution is 5.76. The average Bonchev–Trinajstić information content (AvgIpc) is 2.55. The zero-order valence-electron chi connectivity index (χ0n) is 10.7. The molecule has 0 spiro atoms. The number of rotatable bonds is 4. The van der Waals surface area contributed by atoms with Crippen molar-refractivity contribution in [1.82, 2.24) is 14.5 Å². The number of hydrogen-bond donors (Lipinski definition) is 1. The third kappa shape index (κ3) is 2.13. The van der Waals surface area contributed by atoms with Crippen molar-refractivity contribution < 1.29 is 0 Å². The fourth-order valence-corrected chi connectivity index (χ4v) is 2.07. The van der Waals surface area contributed by atoms with Gasteiger partial charge in [-0.2, -0.15) is 0 Å². The van der Waals surface area contributed by atoms with E-state index in [1.807, 2.05) is 13.1 Å². The van der Waals surface area contributed by atoms with Crippen LogP contribution in [0.4, 0.5) is 0 Å². The number of benzene rings is 1. The maximum atomic E-state index is 11.8. The molecule has 0 fully saturated rings. The molecule has 2 rings (SSSR count). The molecule has 0 saturated carbocycles. The van der Waals surface area contributed by atoms with Gasteiger partial charge in [0.15, 0.2) is 0 Å². The lowest BCUT2D eigenvalue weighted by molar-refractivity contribution is 0.675. The molecule has 4 heteroatoms. The number of hydrogen-bond acceptors (Lipinski definition) is 2. The second-order valence-electron chi connectivity index (χ2n) is 4.40. The zero-order chi connectivity index (χ0) is 12.4. The molecular formula is C13H19N3O. The first-order valence-electron chi connectivity index (χ1n) is 6.00. The summed E-state index contributed by atoms with van der Waals surface area (Å²) in [7, 11) is 3.62. The van der Waals surface area contributed by atoms with Crippen molar-refractivity contribution in [2.24, 2.45) is 14.1 Å². The predicted octanol–water partition coefficient (Wildman–Crippen LogP) is 1.38. The largest absolute Gasteiger partial charge is 0.328 e. The molecule has 2 aromatic rings. The molecule has 0 aliphatic heterocycles. The van der Waals surface area contributed by atoms with Gasteiger partial charge in [0.25, 0.3) is 0 Å². The predicted molar refractivity (Wildman–Crippen MR) is 70.2 cm³/mol. The summed E-state index contributed by atoms with van der Waals surface area (Å²) in [4.78, 5) is 11.8. The molecule has 0 aliphatic rings. The third-order valence-electron chi connectivity index (χ3n) is 3.09. The van der Waals surface area contributed by atoms with Gasteiger partial charge in [0.05, 0.1) is 11.0 Å². The number of aryl methyl sites for hydroxylation is 2. The molecule has 1 aromatic heterocycles. The maximum absolute atomic E-state index is 11.8. The van der Waals surface area contributed by atoms with Gasteiger partial charge in [-0.25, -0.2) is 4.79 Å². The van der Waals surface area contributed by atoms with E-state index in [1.165, 1.54) is 5.56 Å². The third-order valence-corrected chi connectivity index (χ3v) is 3.09. The first-order valence-corrected chi connectivity index (χ1v) is 6.00. The van der Waals surface area contributed by atoms with Gasteiger partial charge in [0.1, 0.15) is 0 Å². The quantitative estimate of drug-likeness (QED) is 0.810. The van der Waals surface area contributed by atoms with E-state index in [2.05, 4.69) is 24.4 Å². The molecule has 0 radical (unpaired) electrons. The first kappa shape index (κ1) is 11.9. The molecule has 1 N–H and O–H groups in total. The maximum Gasteiger partial charge on any atom is 0.328 e. The Hall–Kier alpha value is -1.55. The van der Waals surface area contributed by atoms with E-state index in [0.717, 1.165) is 30.5 Å². The second kappa shape index (κ2) is 4.75. The Kier molecular flexibility index (Phi) is 3.33. The Labute approximate surface area is 101 Å². The van der Waals surface area contributed by atoms with Crippen LogP contribution in [0.2, 0.25) is 0 Å². The topological polar surface area (TPSA) is 39.0 Å². The lowest BCUT2D eigenvalue weighted by Crippen LogP contribution is -2.19. The molecule has 0 saturated heterocycles. The van der Waals surface area contributed by atoms with Crippen LogP contribution in [0.15, 0.2) is 23.0 Å². The molecule has 1 heterocycles. The lowest BCUT2D eigenvalue weighted by Gasteiger charge is -2.04. The smallest absolute Gasteiger partial charge is 0.313 e. The Morgan fingerprint density at radius 1 is 1.18 bits per heavy atom. The van der Waals surface area contributed by atoms with E-state index in [4.69, 9.17) is 0 Å². The number of nitrogens with one attached hydrogen (secondary N) is 1. The van der Waals surface area contributed by atoms with E-state index in [1.54, 1.807) is 16.2 Å². The van der Waals surface area contributed by atoms with Crippen LogP contribution >= 0.6 is 0 Å². The van der Waals surface area contributed by atoms with Crippen molar-refractivity contribution in [3.63, 3.8) is 0 Å². The number of aromatic nitrogens is 2. The molecule has 4 nitrogen and oxygen atoms in total. The van der Waals surface area contributed by atoms with Gasteiger partial charge < -0.3 is 5.32 Å². The van der Waals surface area contributed by atoms with Crippen LogP contribution in [0.3, 0.4) is 0 Å². The Balaban J connectivity index is 2.37. The summed E-state index contributed by atoms with van der Waals surface area (Å²) in [6.45, 7) is 4.02. The van der Waals surface area contributed by atoms with E-state index in [-0.39, 0.29) is 5.69 Å². The van der Waals surface area contributed by atoms with E-state index in [9.17, 15) is 4.79 Å². The molecule has 0 bridgehead atoms. The van der Waals surface area contributed by atoms with Crippen LogP contribution in [0, 0.1) is 0 Å². The van der Waals surface area contributed by atoms with Crippen molar-refractivity contribution in [3.8, 4) is 0 Å². The number of nitrogens with zero attached hydrogens (tertiary/aromatic N) is 2. The highest BCUT2D eigenvalue weighted by atomic mass is 16.1. The van der Waals surface area contributed by atoms with Crippen molar-refractivity contribution >= 4 is 11.0 Å². The van der Waals surface area contributed by atoms with Gasteiger partial charge in [0, 0.05) is 20.6 Å². The van der Waals surface area contributed by atoms with E-state index in [0.29, 0.717) is 0 Å². The van der Waals surface area contributed by atoms with Crippen LogP contribution in [-0.2, 0) is 20.6 Å². The van der Waals surface area contributed by atoms with Crippen molar-refractivity contribution in [1.29, 1.82) is 0 Å². The van der Waals surface area contributed by atoms with Crippen molar-refractivity contribution in [2.75, 3.05) is 6.54 Å². The molecule has 17 heavy (non-hydrogen) atoms. The van der Waals surface area contributed by atoms with Crippen molar-refractivity contribution in [2.45, 2.75) is 19.9 Å². The summed E-state index contributed by atoms with van der Waals surface area (Å²) in [6.07, 6.45) is 1.13. The Bertz CT molecular complexity index is 580. The van der Waals surface area contributed by atoms with E-state index < -0.39 is 0 Å². The zero-order valence-corrected chi connectivity index (χ0v) is 10.7. The van der Waals surface area contributed by atoms with Crippen LogP contribution in [0.25, 0.3) is 11.0 Å². The molecular weight excluding hydrogens is 214 g/mol. The first-order chi connectivity index (χ1) is 8.15. The standard InChI is InChI=1S/C13H19N3O/c1-4-7-14-9-10-5-6-11-12(8-10)16(3)13(17)15(11)2/h5-6,8,14H,4,7,9H2,1-3H3. The summed E-state index contributed by atoms with van der Waals surface area (Å²) in [6, 6.07) is 6.17. The molecule has 92 valence electrons. The van der Waals surface area contributed by atoms with Crippen LogP contribution in [0.1, 0.15) is 18.9 Å². The van der Waals surface area contributed by atoms with Gasteiger partial charge in [-0.15, -0.1) is 0 Å². The van der Waals surface area contributed by atoms with Gasteiger partial charge in [-0.3, -0.25) is 9.13 Å². The highest BCUT2D eigenvalue weighted by Crippen LogP contribution is 2.13. The van der Waals surface area contributed by atoms with Crippen LogP contribution < -0.4 is 11.0 Å². The average molecular weight is 233 g/mol. The Morgan fingerprint density at radius 2 is 1.88 bits per heavy atom. The minimum Gasteiger partial charge on any atom is -0.313 e. The highest BCUT2D eigenvalue weighted by Gasteiger charge is 2.07. The number of fused-ring (bicyclic) bond motifs is 1. The number of imidazole rings is 1. The fraction of sp³-hybridized carbons (Fsp3) is 0.462. The van der Waals surface area contributed by atoms with Crippen LogP contribution in [0.5, 0.6) is 0 Å². The Morgan fingerprint density at radius 3 is 2.59 bits per heavy atom. The van der Waals surface area contributed by atoms with Gasteiger partial charge >= 0.3 is 5.69 Å². The van der Waals surface area contributed by atoms with Crippen molar-refractivity contribution in [3.05, 3.63) is 34.2 Å². The van der Waals surface area contributed by atoms with Gasteiger partial charge in [-0.05, 0) is 30.7 Å². The molecule has 0 unspecified atom stereocenters. The van der Waals surface area contributed by atoms with E-state index >= 15 is 0 Å². The van der Waals surface area contributed by atoms with Gasteiger partial charge in [0.2, 0.25) is 0 Å². The second-order valence-corrected chi connectivity index (χ2v) is 4.40. The SMILES string of the molecule is CCCNCc1ccc2c(c1)n(C)c(=O)n2C. The summed E-state index contributed by atoms with van der Waals surface area (Å²) in [5.41, 5.74) is 3.22. The monoisotopic (exact) mass is 233 g/mol. The van der Waals surface area contributed by atoms with Gasteiger partial charge in [-0.1, -0.05) is 13.0 Å². The minimum absolute atomic E-state index is 0.0265. The summed E-state index contributed by atoms with van der Waals surface area (Å²) in [5.74, 6) is 0. The molecule has 0 atom stereocenters. The van der Waals surface area contributed by atoms with Crippen LogP contribution in [-0.4, -0.2) is 15.7 Å². The summed E-state index contributed by atoms with van der Waals surface area (Å²) >= 11 is 0. The summed E-state index contributed by atoms with van der Waals surface area (Å²) < 4.78 is 3.37. The fourth-order valence-electron chi connectivity index (χ4n) is 2.07. The minimum atomic E-state index is 0.0265. The summed E-state index contributed by atoms with van der Waals surface area (Å²) in [5, 5.41) is 3.36.